The molecule has 0 aliphatic carbocycles. The van der Waals surface area contributed by atoms with E-state index in [9.17, 15) is 0 Å². The normalized spacial score (nSPS) is 4.71. The van der Waals surface area contributed by atoms with Gasteiger partial charge < -0.3 is 0 Å². The Balaban J connectivity index is -0.0000000800. The van der Waals surface area contributed by atoms with E-state index in [2.05, 4.69) is 6.58 Å². The second kappa shape index (κ2) is 9.74. The van der Waals surface area contributed by atoms with Crippen LogP contribution in [0.3, 0.4) is 0 Å². The molecule has 0 nitrogen and oxygen atoms in total. The predicted octanol–water partition coefficient (Wildman–Crippen LogP) is 1.17. The minimum absolute atomic E-state index is 0. The van der Waals surface area contributed by atoms with Gasteiger partial charge in [-0.25, -0.2) is 11.6 Å². The Morgan fingerprint density at radius 2 is 1.86 bits per heavy atom. The third kappa shape index (κ3) is 20.9. The summed E-state index contributed by atoms with van der Waals surface area (Å²) < 4.78 is 0. The Labute approximate surface area is 66.6 Å². The number of allylic oxidation sites excluding steroid dienone is 2. The fourth-order valence-electron chi connectivity index (χ4n) is 0. The van der Waals surface area contributed by atoms with Gasteiger partial charge in [0, 0.05) is 34.7 Å². The molecule has 0 spiro atoms. The van der Waals surface area contributed by atoms with Gasteiger partial charge in [0.05, 0.1) is 0 Å². The second-order valence-corrected chi connectivity index (χ2v) is 1.01. The van der Waals surface area contributed by atoms with Crippen molar-refractivity contribution in [3.8, 4) is 0 Å². The first-order valence-electron chi connectivity index (χ1n) is 1.48. The summed E-state index contributed by atoms with van der Waals surface area (Å²) in [6, 6.07) is 0. The number of hydrogen-bond acceptors (Lipinski definition) is 0. The molecular weight excluding hydrogens is 139 g/mol. The monoisotopic (exact) mass is 146 g/mol. The first-order valence-corrected chi connectivity index (χ1v) is 1.48. The van der Waals surface area contributed by atoms with Crippen molar-refractivity contribution in [2.24, 2.45) is 0 Å². The van der Waals surface area contributed by atoms with Gasteiger partial charge in [0.1, 0.15) is 0 Å². The van der Waals surface area contributed by atoms with Crippen molar-refractivity contribution in [2.75, 3.05) is 0 Å². The van der Waals surface area contributed by atoms with Crippen LogP contribution in [0.2, 0.25) is 0 Å². The fraction of sp³-hybridized carbons (Fsp3) is 0.200. The summed E-state index contributed by atoms with van der Waals surface area (Å²) in [6.07, 6.45) is 1.47. The largest absolute Gasteiger partial charge is 0.293 e. The quantitative estimate of drug-likeness (QED) is 0.296. The molecule has 0 aliphatic rings. The smallest absolute Gasteiger partial charge is 0 e. The zero-order valence-electron chi connectivity index (χ0n) is 4.35. The van der Waals surface area contributed by atoms with E-state index in [0.29, 0.717) is 0 Å². The molecule has 0 aromatic carbocycles. The average Bonchev–Trinajstić information content (AvgIpc) is 1.38. The fourth-order valence-corrected chi connectivity index (χ4v) is 0. The van der Waals surface area contributed by atoms with Crippen LogP contribution in [0.4, 0.5) is 0 Å². The van der Waals surface area contributed by atoms with Gasteiger partial charge in [-0.2, -0.15) is 6.58 Å². The van der Waals surface area contributed by atoms with Crippen LogP contribution >= 0.6 is 0 Å². The molecule has 37 valence electrons. The maximum absolute atomic E-state index is 4.95. The summed E-state index contributed by atoms with van der Waals surface area (Å²) in [5.41, 5.74) is 0.907. The van der Waals surface area contributed by atoms with Crippen molar-refractivity contribution in [2.45, 2.75) is 6.92 Å². The van der Waals surface area contributed by atoms with E-state index in [-0.39, 0.29) is 34.7 Å². The minimum atomic E-state index is 0. The Morgan fingerprint density at radius 1 is 1.71 bits per heavy atom. The van der Waals surface area contributed by atoms with Gasteiger partial charge in [-0.05, 0) is 0 Å². The Kier molecular flexibility index (Phi) is 21.8. The molecule has 0 aromatic heterocycles. The van der Waals surface area contributed by atoms with Crippen molar-refractivity contribution < 1.29 is 17.4 Å². The molecule has 0 bridgehead atoms. The van der Waals surface area contributed by atoms with Crippen molar-refractivity contribution in [3.05, 3.63) is 24.8 Å². The van der Waals surface area contributed by atoms with Gasteiger partial charge >= 0.3 is 0 Å². The molecule has 0 saturated carbocycles. The first kappa shape index (κ1) is 15.6. The van der Waals surface area contributed by atoms with E-state index in [1.807, 2.05) is 6.92 Å². The maximum atomic E-state index is 4.95. The van der Waals surface area contributed by atoms with Gasteiger partial charge in [0.2, 0.25) is 0 Å². The van der Waals surface area contributed by atoms with Crippen LogP contribution in [0.1, 0.15) is 6.92 Å². The molecule has 7 heavy (non-hydrogen) atoms. The molecule has 0 heterocycles. The standard InChI is InChI=1S/C5H7.Al.Cr/c1-4-5(2)3;;/h1,4H,2H2,3H3;;/q-1;;. The van der Waals surface area contributed by atoms with Gasteiger partial charge in [-0.3, -0.25) is 6.58 Å². The molecule has 0 fully saturated rings. The molecule has 2 heteroatoms. The summed E-state index contributed by atoms with van der Waals surface area (Å²) in [4.78, 5) is 0. The molecule has 0 saturated heterocycles. The van der Waals surface area contributed by atoms with E-state index < -0.39 is 0 Å². The van der Waals surface area contributed by atoms with Crippen LogP contribution in [0.25, 0.3) is 0 Å². The van der Waals surface area contributed by atoms with E-state index in [0.717, 1.165) is 5.57 Å². The topological polar surface area (TPSA) is 0 Å². The maximum Gasteiger partial charge on any atom is 0 e. The molecule has 0 unspecified atom stereocenters. The second-order valence-electron chi connectivity index (χ2n) is 1.01. The van der Waals surface area contributed by atoms with Gasteiger partial charge in [0.25, 0.3) is 0 Å². The van der Waals surface area contributed by atoms with E-state index in [1.165, 1.54) is 6.08 Å². The van der Waals surface area contributed by atoms with Crippen LogP contribution in [0, 0.1) is 6.58 Å². The summed E-state index contributed by atoms with van der Waals surface area (Å²) in [5, 5.41) is 0. The van der Waals surface area contributed by atoms with Gasteiger partial charge in [0.15, 0.2) is 0 Å². The van der Waals surface area contributed by atoms with Crippen LogP contribution in [-0.4, -0.2) is 17.4 Å². The Morgan fingerprint density at radius 3 is 1.86 bits per heavy atom. The van der Waals surface area contributed by atoms with Crippen molar-refractivity contribution in [1.82, 2.24) is 0 Å². The van der Waals surface area contributed by atoms with E-state index >= 15 is 0 Å². The third-order valence-corrected chi connectivity index (χ3v) is 0.285. The number of hydrogen-bond donors (Lipinski definition) is 0. The molecule has 3 radical (unpaired) electrons. The molecule has 0 rings (SSSR count). The zero-order valence-corrected chi connectivity index (χ0v) is 6.78. The van der Waals surface area contributed by atoms with Crippen LogP contribution in [-0.2, 0) is 17.4 Å². The molecule has 0 aliphatic heterocycles. The molecule has 0 atom stereocenters. The van der Waals surface area contributed by atoms with E-state index in [1.54, 1.807) is 0 Å². The van der Waals surface area contributed by atoms with Crippen molar-refractivity contribution in [1.29, 1.82) is 0 Å². The van der Waals surface area contributed by atoms with Gasteiger partial charge in [-0.1, -0.05) is 0 Å². The van der Waals surface area contributed by atoms with Crippen LogP contribution in [0.5, 0.6) is 0 Å². The van der Waals surface area contributed by atoms with Crippen molar-refractivity contribution in [3.63, 3.8) is 0 Å². The Bertz CT molecular complexity index is 59.1. The first-order chi connectivity index (χ1) is 2.27. The third-order valence-electron chi connectivity index (χ3n) is 0.285. The summed E-state index contributed by atoms with van der Waals surface area (Å²) in [7, 11) is 0. The molecule has 0 aromatic rings. The molecule has 0 N–H and O–H groups in total. The Hall–Kier alpha value is 0.545. The SMILES string of the molecule is [Al].[CH-]=CC(=C)C.[Cr]. The summed E-state index contributed by atoms with van der Waals surface area (Å²) in [6.45, 7) is 10.3. The zero-order chi connectivity index (χ0) is 4.28. The van der Waals surface area contributed by atoms with E-state index in [4.69, 9.17) is 6.58 Å². The number of rotatable bonds is 1. The van der Waals surface area contributed by atoms with Crippen LogP contribution < -0.4 is 0 Å². The molecular formula is C5H7AlCr-. The summed E-state index contributed by atoms with van der Waals surface area (Å²) in [5.74, 6) is 0. The van der Waals surface area contributed by atoms with Crippen molar-refractivity contribution >= 4 is 17.4 Å². The minimum Gasteiger partial charge on any atom is -0.293 e. The summed E-state index contributed by atoms with van der Waals surface area (Å²) >= 11 is 0. The van der Waals surface area contributed by atoms with Gasteiger partial charge in [-0.15, -0.1) is 6.92 Å². The van der Waals surface area contributed by atoms with Crippen LogP contribution in [0.15, 0.2) is 18.2 Å². The predicted molar refractivity (Wildman–Crippen MR) is 29.4 cm³/mol. The molecule has 0 amide bonds. The average molecular weight is 146 g/mol.